The largest absolute Gasteiger partial charge is 0.383 e. The topological polar surface area (TPSA) is 55.0 Å². The van der Waals surface area contributed by atoms with Crippen LogP contribution in [0.1, 0.15) is 44.6 Å². The van der Waals surface area contributed by atoms with Crippen LogP contribution in [-0.4, -0.2) is 23.1 Å². The van der Waals surface area contributed by atoms with Crippen LogP contribution in [0.2, 0.25) is 0 Å². The average molecular weight is 220 g/mol. The van der Waals surface area contributed by atoms with Crippen LogP contribution < -0.4 is 10.6 Å². The van der Waals surface area contributed by atoms with E-state index in [-0.39, 0.29) is 0 Å². The Morgan fingerprint density at radius 3 is 2.56 bits per heavy atom. The SMILES string of the molecule is CC(C)c1c(N)ncnc1N(C)C1CCC1. The summed E-state index contributed by atoms with van der Waals surface area (Å²) in [6.45, 7) is 4.26. The Hall–Kier alpha value is -1.32. The fourth-order valence-electron chi connectivity index (χ4n) is 2.18. The first-order valence-electron chi connectivity index (χ1n) is 5.94. The molecule has 0 saturated heterocycles. The van der Waals surface area contributed by atoms with Gasteiger partial charge in [-0.25, -0.2) is 9.97 Å². The van der Waals surface area contributed by atoms with Crippen molar-refractivity contribution in [2.24, 2.45) is 0 Å². The van der Waals surface area contributed by atoms with Gasteiger partial charge in [0.15, 0.2) is 0 Å². The van der Waals surface area contributed by atoms with Crippen molar-refractivity contribution in [3.63, 3.8) is 0 Å². The van der Waals surface area contributed by atoms with E-state index in [9.17, 15) is 0 Å². The van der Waals surface area contributed by atoms with E-state index >= 15 is 0 Å². The summed E-state index contributed by atoms with van der Waals surface area (Å²) in [6.07, 6.45) is 5.41. The van der Waals surface area contributed by atoms with Gasteiger partial charge in [0.25, 0.3) is 0 Å². The molecule has 1 saturated carbocycles. The van der Waals surface area contributed by atoms with Gasteiger partial charge in [-0.2, -0.15) is 0 Å². The summed E-state index contributed by atoms with van der Waals surface area (Å²) in [6, 6.07) is 0.631. The number of anilines is 2. The van der Waals surface area contributed by atoms with Gasteiger partial charge in [0, 0.05) is 18.7 Å². The Balaban J connectivity index is 2.34. The van der Waals surface area contributed by atoms with Gasteiger partial charge in [0.05, 0.1) is 0 Å². The van der Waals surface area contributed by atoms with E-state index in [2.05, 4.69) is 35.8 Å². The monoisotopic (exact) mass is 220 g/mol. The molecule has 0 bridgehead atoms. The molecule has 88 valence electrons. The third-order valence-corrected chi connectivity index (χ3v) is 3.43. The zero-order chi connectivity index (χ0) is 11.7. The second kappa shape index (κ2) is 4.28. The fraction of sp³-hybridized carbons (Fsp3) is 0.667. The van der Waals surface area contributed by atoms with E-state index < -0.39 is 0 Å². The Bertz CT molecular complexity index is 371. The third kappa shape index (κ3) is 1.84. The van der Waals surface area contributed by atoms with Crippen LogP contribution in [-0.2, 0) is 0 Å². The predicted octanol–water partition coefficient (Wildman–Crippen LogP) is 2.17. The molecular weight excluding hydrogens is 200 g/mol. The van der Waals surface area contributed by atoms with Gasteiger partial charge in [-0.1, -0.05) is 13.8 Å². The second-order valence-electron chi connectivity index (χ2n) is 4.85. The molecule has 2 rings (SSSR count). The normalized spacial score (nSPS) is 16.2. The summed E-state index contributed by atoms with van der Waals surface area (Å²) in [7, 11) is 2.11. The average Bonchev–Trinajstić information content (AvgIpc) is 2.13. The lowest BCUT2D eigenvalue weighted by Crippen LogP contribution is -2.38. The first-order valence-corrected chi connectivity index (χ1v) is 5.94. The van der Waals surface area contributed by atoms with E-state index in [1.54, 1.807) is 6.33 Å². The molecule has 0 spiro atoms. The number of hydrogen-bond donors (Lipinski definition) is 1. The first-order chi connectivity index (χ1) is 7.61. The Labute approximate surface area is 96.9 Å². The van der Waals surface area contributed by atoms with Crippen molar-refractivity contribution in [3.05, 3.63) is 11.9 Å². The minimum absolute atomic E-state index is 0.360. The maximum Gasteiger partial charge on any atom is 0.137 e. The van der Waals surface area contributed by atoms with Crippen LogP contribution in [0, 0.1) is 0 Å². The van der Waals surface area contributed by atoms with Crippen LogP contribution in [0.3, 0.4) is 0 Å². The van der Waals surface area contributed by atoms with Gasteiger partial charge in [-0.15, -0.1) is 0 Å². The highest BCUT2D eigenvalue weighted by molar-refractivity contribution is 5.58. The van der Waals surface area contributed by atoms with Crippen LogP contribution in [0.4, 0.5) is 11.6 Å². The Morgan fingerprint density at radius 1 is 1.38 bits per heavy atom. The van der Waals surface area contributed by atoms with Gasteiger partial charge in [0.2, 0.25) is 0 Å². The number of nitrogens with zero attached hydrogens (tertiary/aromatic N) is 3. The molecular formula is C12H20N4. The van der Waals surface area contributed by atoms with Crippen LogP contribution in [0.5, 0.6) is 0 Å². The molecule has 1 aliphatic carbocycles. The molecule has 4 nitrogen and oxygen atoms in total. The zero-order valence-corrected chi connectivity index (χ0v) is 10.3. The van der Waals surface area contributed by atoms with Gasteiger partial charge >= 0.3 is 0 Å². The fourth-order valence-corrected chi connectivity index (χ4v) is 2.18. The lowest BCUT2D eigenvalue weighted by atomic mass is 9.91. The lowest BCUT2D eigenvalue weighted by molar-refractivity contribution is 0.398. The maximum atomic E-state index is 5.94. The van der Waals surface area contributed by atoms with Crippen LogP contribution in [0.25, 0.3) is 0 Å². The molecule has 0 unspecified atom stereocenters. The summed E-state index contributed by atoms with van der Waals surface area (Å²) in [5.74, 6) is 1.98. The second-order valence-corrected chi connectivity index (χ2v) is 4.85. The molecule has 1 fully saturated rings. The van der Waals surface area contributed by atoms with Gasteiger partial charge in [0.1, 0.15) is 18.0 Å². The molecule has 0 atom stereocenters. The van der Waals surface area contributed by atoms with E-state index in [0.717, 1.165) is 11.4 Å². The maximum absolute atomic E-state index is 5.94. The molecule has 4 heteroatoms. The highest BCUT2D eigenvalue weighted by Crippen LogP contribution is 2.33. The molecule has 0 aliphatic heterocycles. The summed E-state index contributed by atoms with van der Waals surface area (Å²) >= 11 is 0. The van der Waals surface area contributed by atoms with E-state index in [4.69, 9.17) is 5.73 Å². The van der Waals surface area contributed by atoms with Crippen molar-refractivity contribution < 1.29 is 0 Å². The highest BCUT2D eigenvalue weighted by Gasteiger charge is 2.26. The van der Waals surface area contributed by atoms with E-state index in [0.29, 0.717) is 17.8 Å². The van der Waals surface area contributed by atoms with Crippen molar-refractivity contribution >= 4 is 11.6 Å². The third-order valence-electron chi connectivity index (χ3n) is 3.43. The molecule has 1 aromatic heterocycles. The standard InChI is InChI=1S/C12H20N4/c1-8(2)10-11(13)14-7-15-12(10)16(3)9-5-4-6-9/h7-9H,4-6H2,1-3H3,(H2,13,14,15). The number of aromatic nitrogens is 2. The number of nitrogen functional groups attached to an aromatic ring is 1. The number of hydrogen-bond acceptors (Lipinski definition) is 4. The minimum atomic E-state index is 0.360. The van der Waals surface area contributed by atoms with Crippen molar-refractivity contribution in [2.45, 2.75) is 45.1 Å². The van der Waals surface area contributed by atoms with E-state index in [1.165, 1.54) is 19.3 Å². The van der Waals surface area contributed by atoms with Crippen molar-refractivity contribution in [2.75, 3.05) is 17.7 Å². The van der Waals surface area contributed by atoms with Crippen molar-refractivity contribution in [3.8, 4) is 0 Å². The molecule has 16 heavy (non-hydrogen) atoms. The van der Waals surface area contributed by atoms with Crippen molar-refractivity contribution in [1.82, 2.24) is 9.97 Å². The minimum Gasteiger partial charge on any atom is -0.383 e. The molecule has 1 aromatic rings. The molecule has 0 amide bonds. The summed E-state index contributed by atoms with van der Waals surface area (Å²) in [5, 5.41) is 0. The summed E-state index contributed by atoms with van der Waals surface area (Å²) in [5.41, 5.74) is 7.02. The van der Waals surface area contributed by atoms with Gasteiger partial charge < -0.3 is 10.6 Å². The van der Waals surface area contributed by atoms with Gasteiger partial charge in [-0.05, 0) is 25.2 Å². The molecule has 0 radical (unpaired) electrons. The van der Waals surface area contributed by atoms with Gasteiger partial charge in [-0.3, -0.25) is 0 Å². The Morgan fingerprint density at radius 2 is 2.06 bits per heavy atom. The molecule has 0 aromatic carbocycles. The zero-order valence-electron chi connectivity index (χ0n) is 10.3. The Kier molecular flexibility index (Phi) is 2.99. The molecule has 1 aliphatic rings. The summed E-state index contributed by atoms with van der Waals surface area (Å²) in [4.78, 5) is 10.7. The highest BCUT2D eigenvalue weighted by atomic mass is 15.2. The quantitative estimate of drug-likeness (QED) is 0.848. The van der Waals surface area contributed by atoms with Crippen molar-refractivity contribution in [1.29, 1.82) is 0 Å². The molecule has 2 N–H and O–H groups in total. The smallest absolute Gasteiger partial charge is 0.137 e. The van der Waals surface area contributed by atoms with E-state index in [1.807, 2.05) is 0 Å². The summed E-state index contributed by atoms with van der Waals surface area (Å²) < 4.78 is 0. The predicted molar refractivity (Wildman–Crippen MR) is 66.6 cm³/mol. The molecule has 1 heterocycles. The van der Waals surface area contributed by atoms with Crippen LogP contribution >= 0.6 is 0 Å². The van der Waals surface area contributed by atoms with Crippen LogP contribution in [0.15, 0.2) is 6.33 Å². The first kappa shape index (κ1) is 11.2. The number of rotatable bonds is 3. The number of nitrogens with two attached hydrogens (primary N) is 1. The lowest BCUT2D eigenvalue weighted by Gasteiger charge is -2.36.